The highest BCUT2D eigenvalue weighted by Gasteiger charge is 2.54. The number of hydrogen-bond donors (Lipinski definition) is 1. The number of rotatable bonds is 4. The standard InChI is InChI=1S/C20H31N/c1-4-21-15-20(18-9-8-16(2)17(3)12-18)13-19(14-20)10-6-5-7-11-19/h8-9,12,21H,4-7,10-11,13-15H2,1-3H3. The van der Waals surface area contributed by atoms with E-state index in [0.717, 1.165) is 13.1 Å². The highest BCUT2D eigenvalue weighted by Crippen LogP contribution is 2.61. The molecule has 1 nitrogen and oxygen atoms in total. The topological polar surface area (TPSA) is 12.0 Å². The summed E-state index contributed by atoms with van der Waals surface area (Å²) in [4.78, 5) is 0. The van der Waals surface area contributed by atoms with E-state index in [0.29, 0.717) is 10.8 Å². The lowest BCUT2D eigenvalue weighted by Crippen LogP contribution is -2.55. The first-order valence-corrected chi connectivity index (χ1v) is 8.88. The van der Waals surface area contributed by atoms with Gasteiger partial charge in [-0.15, -0.1) is 0 Å². The molecule has 0 radical (unpaired) electrons. The normalized spacial score (nSPS) is 23.0. The monoisotopic (exact) mass is 285 g/mol. The van der Waals surface area contributed by atoms with Crippen LogP contribution in [0.15, 0.2) is 18.2 Å². The van der Waals surface area contributed by atoms with E-state index in [2.05, 4.69) is 44.3 Å². The minimum Gasteiger partial charge on any atom is -0.316 e. The maximum Gasteiger partial charge on any atom is 0.00884 e. The van der Waals surface area contributed by atoms with Crippen molar-refractivity contribution in [2.24, 2.45) is 5.41 Å². The number of likely N-dealkylation sites (N-methyl/N-ethyl adjacent to an activating group) is 1. The summed E-state index contributed by atoms with van der Waals surface area (Å²) in [5.41, 5.74) is 5.55. The smallest absolute Gasteiger partial charge is 0.00884 e. The first kappa shape index (κ1) is 15.1. The van der Waals surface area contributed by atoms with E-state index in [1.807, 2.05) is 0 Å². The quantitative estimate of drug-likeness (QED) is 0.830. The molecule has 0 heterocycles. The number of aryl methyl sites for hydroxylation is 2. The van der Waals surface area contributed by atoms with Gasteiger partial charge in [-0.2, -0.15) is 0 Å². The van der Waals surface area contributed by atoms with Crippen molar-refractivity contribution in [3.8, 4) is 0 Å². The van der Waals surface area contributed by atoms with Gasteiger partial charge in [-0.25, -0.2) is 0 Å². The average Bonchev–Trinajstić information content (AvgIpc) is 2.46. The van der Waals surface area contributed by atoms with Crippen molar-refractivity contribution in [1.82, 2.24) is 5.32 Å². The van der Waals surface area contributed by atoms with E-state index in [4.69, 9.17) is 0 Å². The van der Waals surface area contributed by atoms with Crippen LogP contribution in [0.5, 0.6) is 0 Å². The van der Waals surface area contributed by atoms with Crippen LogP contribution in [0, 0.1) is 19.3 Å². The maximum absolute atomic E-state index is 3.65. The van der Waals surface area contributed by atoms with E-state index in [1.165, 1.54) is 56.1 Å². The van der Waals surface area contributed by atoms with Crippen LogP contribution in [0.4, 0.5) is 0 Å². The van der Waals surface area contributed by atoms with Crippen LogP contribution < -0.4 is 5.32 Å². The molecule has 1 aromatic rings. The molecule has 0 amide bonds. The van der Waals surface area contributed by atoms with Crippen LogP contribution in [0.1, 0.15) is 68.6 Å². The third-order valence-electron chi connectivity index (χ3n) is 6.17. The second-order valence-corrected chi connectivity index (χ2v) is 7.77. The van der Waals surface area contributed by atoms with Crippen LogP contribution in [0.25, 0.3) is 0 Å². The predicted octanol–water partition coefficient (Wildman–Crippen LogP) is 4.90. The van der Waals surface area contributed by atoms with E-state index in [1.54, 1.807) is 5.56 Å². The number of benzene rings is 1. The largest absolute Gasteiger partial charge is 0.316 e. The second-order valence-electron chi connectivity index (χ2n) is 7.77. The lowest BCUT2D eigenvalue weighted by Gasteiger charge is -2.59. The second kappa shape index (κ2) is 5.76. The van der Waals surface area contributed by atoms with E-state index in [-0.39, 0.29) is 0 Å². The molecule has 0 bridgehead atoms. The SMILES string of the molecule is CCNCC1(c2ccc(C)c(C)c2)CC2(CCCCC2)C1. The van der Waals surface area contributed by atoms with Crippen LogP contribution in [-0.2, 0) is 5.41 Å². The molecule has 116 valence electrons. The Morgan fingerprint density at radius 1 is 1.00 bits per heavy atom. The fourth-order valence-corrected chi connectivity index (χ4v) is 4.91. The van der Waals surface area contributed by atoms with E-state index < -0.39 is 0 Å². The van der Waals surface area contributed by atoms with Gasteiger partial charge in [-0.1, -0.05) is 44.4 Å². The Labute approximate surface area is 130 Å². The molecule has 21 heavy (non-hydrogen) atoms. The summed E-state index contributed by atoms with van der Waals surface area (Å²) in [5.74, 6) is 0. The van der Waals surface area contributed by atoms with Crippen molar-refractivity contribution >= 4 is 0 Å². The molecule has 2 aliphatic rings. The van der Waals surface area contributed by atoms with Gasteiger partial charge in [0.15, 0.2) is 0 Å². The van der Waals surface area contributed by atoms with Gasteiger partial charge in [0.05, 0.1) is 0 Å². The molecule has 2 saturated carbocycles. The Morgan fingerprint density at radius 2 is 1.71 bits per heavy atom. The van der Waals surface area contributed by atoms with Crippen LogP contribution in [0.2, 0.25) is 0 Å². The van der Waals surface area contributed by atoms with Gasteiger partial charge in [0.25, 0.3) is 0 Å². The van der Waals surface area contributed by atoms with Crippen LogP contribution >= 0.6 is 0 Å². The Morgan fingerprint density at radius 3 is 2.33 bits per heavy atom. The van der Waals surface area contributed by atoms with Crippen molar-refractivity contribution in [2.45, 2.75) is 71.1 Å². The summed E-state index contributed by atoms with van der Waals surface area (Å²) >= 11 is 0. The van der Waals surface area contributed by atoms with Gasteiger partial charge < -0.3 is 5.32 Å². The molecule has 0 unspecified atom stereocenters. The van der Waals surface area contributed by atoms with Gasteiger partial charge in [-0.05, 0) is 68.2 Å². The lowest BCUT2D eigenvalue weighted by atomic mass is 9.46. The van der Waals surface area contributed by atoms with E-state index in [9.17, 15) is 0 Å². The molecule has 1 heteroatoms. The Bertz CT molecular complexity index is 489. The van der Waals surface area contributed by atoms with Gasteiger partial charge >= 0.3 is 0 Å². The molecular weight excluding hydrogens is 254 g/mol. The minimum atomic E-state index is 0.409. The van der Waals surface area contributed by atoms with E-state index >= 15 is 0 Å². The number of nitrogens with one attached hydrogen (secondary N) is 1. The molecule has 2 aliphatic carbocycles. The zero-order chi connectivity index (χ0) is 14.9. The summed E-state index contributed by atoms with van der Waals surface area (Å²) in [6.45, 7) is 8.95. The molecule has 1 spiro atoms. The Balaban J connectivity index is 1.83. The molecule has 1 aromatic carbocycles. The number of hydrogen-bond acceptors (Lipinski definition) is 1. The van der Waals surface area contributed by atoms with Gasteiger partial charge in [0.2, 0.25) is 0 Å². The predicted molar refractivity (Wildman–Crippen MR) is 90.9 cm³/mol. The summed E-state index contributed by atoms with van der Waals surface area (Å²) in [6.07, 6.45) is 10.2. The highest BCUT2D eigenvalue weighted by molar-refractivity contribution is 5.38. The fourth-order valence-electron chi connectivity index (χ4n) is 4.91. The first-order valence-electron chi connectivity index (χ1n) is 8.88. The maximum atomic E-state index is 3.65. The fraction of sp³-hybridized carbons (Fsp3) is 0.700. The van der Waals surface area contributed by atoms with Gasteiger partial charge in [0.1, 0.15) is 0 Å². The van der Waals surface area contributed by atoms with Crippen molar-refractivity contribution < 1.29 is 0 Å². The zero-order valence-electron chi connectivity index (χ0n) is 14.1. The van der Waals surface area contributed by atoms with Gasteiger partial charge in [-0.3, -0.25) is 0 Å². The van der Waals surface area contributed by atoms with Crippen LogP contribution in [-0.4, -0.2) is 13.1 Å². The minimum absolute atomic E-state index is 0.409. The van der Waals surface area contributed by atoms with Crippen molar-refractivity contribution in [3.05, 3.63) is 34.9 Å². The Kier molecular flexibility index (Phi) is 4.14. The van der Waals surface area contributed by atoms with Crippen molar-refractivity contribution in [2.75, 3.05) is 13.1 Å². The first-order chi connectivity index (χ1) is 10.1. The molecule has 3 rings (SSSR count). The summed E-state index contributed by atoms with van der Waals surface area (Å²) in [7, 11) is 0. The highest BCUT2D eigenvalue weighted by atomic mass is 14.9. The summed E-state index contributed by atoms with van der Waals surface area (Å²) in [5, 5.41) is 3.65. The van der Waals surface area contributed by atoms with Crippen molar-refractivity contribution in [3.63, 3.8) is 0 Å². The third kappa shape index (κ3) is 2.77. The average molecular weight is 285 g/mol. The molecule has 0 aliphatic heterocycles. The molecule has 2 fully saturated rings. The Hall–Kier alpha value is -0.820. The summed E-state index contributed by atoms with van der Waals surface area (Å²) in [6, 6.07) is 7.18. The molecule has 0 saturated heterocycles. The molecule has 0 atom stereocenters. The molecule has 0 aromatic heterocycles. The van der Waals surface area contributed by atoms with Crippen molar-refractivity contribution in [1.29, 1.82) is 0 Å². The molecule has 1 N–H and O–H groups in total. The summed E-state index contributed by atoms with van der Waals surface area (Å²) < 4.78 is 0. The molecular formula is C20H31N. The third-order valence-corrected chi connectivity index (χ3v) is 6.17. The van der Waals surface area contributed by atoms with Gasteiger partial charge in [0, 0.05) is 12.0 Å². The van der Waals surface area contributed by atoms with Crippen LogP contribution in [0.3, 0.4) is 0 Å². The zero-order valence-corrected chi connectivity index (χ0v) is 14.1. The lowest BCUT2D eigenvalue weighted by molar-refractivity contribution is -0.0125.